The smallest absolute Gasteiger partial charge is 0.243 e. The number of hydrogen-bond donors (Lipinski definition) is 0. The molecule has 16 heavy (non-hydrogen) atoms. The summed E-state index contributed by atoms with van der Waals surface area (Å²) in [7, 11) is 0. The predicted molar refractivity (Wildman–Crippen MR) is 62.0 cm³/mol. The Morgan fingerprint density at radius 2 is 1.94 bits per heavy atom. The highest BCUT2D eigenvalue weighted by molar-refractivity contribution is 6.04. The van der Waals surface area contributed by atoms with E-state index < -0.39 is 0 Å². The van der Waals surface area contributed by atoms with Crippen LogP contribution in [0, 0.1) is 0 Å². The maximum absolute atomic E-state index is 11.6. The van der Waals surface area contributed by atoms with Crippen LogP contribution in [0.4, 0.5) is 0 Å². The van der Waals surface area contributed by atoms with Crippen molar-refractivity contribution in [3.8, 4) is 0 Å². The van der Waals surface area contributed by atoms with Gasteiger partial charge in [-0.05, 0) is 26.0 Å². The predicted octanol–water partition coefficient (Wildman–Crippen LogP) is 1.82. The number of carbonyl (C=O) groups is 1. The third-order valence-electron chi connectivity index (χ3n) is 2.56. The molecule has 0 saturated carbocycles. The monoisotopic (exact) mass is 217 g/mol. The van der Waals surface area contributed by atoms with Crippen molar-refractivity contribution in [2.45, 2.75) is 32.7 Å². The third kappa shape index (κ3) is 2.10. The minimum absolute atomic E-state index is 0.104. The number of rotatable bonds is 2. The molecular weight excluding hydrogens is 202 g/mol. The lowest BCUT2D eigenvalue weighted by Crippen LogP contribution is -2.36. The van der Waals surface area contributed by atoms with E-state index >= 15 is 0 Å². The van der Waals surface area contributed by atoms with E-state index in [-0.39, 0.29) is 11.9 Å². The molecule has 1 aromatic rings. The summed E-state index contributed by atoms with van der Waals surface area (Å²) in [6.45, 7) is 3.94. The molecule has 0 bridgehead atoms. The van der Waals surface area contributed by atoms with Gasteiger partial charge in [0.15, 0.2) is 0 Å². The molecule has 0 saturated heterocycles. The molecule has 0 radical (unpaired) electrons. The molecule has 2 rings (SSSR count). The second-order valence-electron chi connectivity index (χ2n) is 4.11. The second-order valence-corrected chi connectivity index (χ2v) is 4.11. The fourth-order valence-corrected chi connectivity index (χ4v) is 1.73. The van der Waals surface area contributed by atoms with Crippen LogP contribution in [0.15, 0.2) is 29.6 Å². The van der Waals surface area contributed by atoms with E-state index in [4.69, 9.17) is 0 Å². The Labute approximate surface area is 95.0 Å². The van der Waals surface area contributed by atoms with E-state index in [1.807, 2.05) is 26.0 Å². The van der Waals surface area contributed by atoms with Crippen LogP contribution in [-0.4, -0.2) is 27.7 Å². The molecule has 0 atom stereocenters. The molecule has 0 N–H and O–H groups in total. The summed E-state index contributed by atoms with van der Waals surface area (Å²) in [5.41, 5.74) is 2.02. The number of amides is 1. The topological polar surface area (TPSA) is 45.6 Å². The molecule has 0 unspecified atom stereocenters. The second kappa shape index (κ2) is 4.43. The molecule has 1 aliphatic rings. The van der Waals surface area contributed by atoms with Crippen LogP contribution in [-0.2, 0) is 4.79 Å². The van der Waals surface area contributed by atoms with E-state index in [1.165, 1.54) is 0 Å². The summed E-state index contributed by atoms with van der Waals surface area (Å²) in [6, 6.07) is 3.96. The molecule has 1 amide bonds. The molecule has 1 aromatic heterocycles. The number of nitrogens with zero attached hydrogens (tertiary/aromatic N) is 3. The number of hydrogen-bond acceptors (Lipinski definition) is 3. The lowest BCUT2D eigenvalue weighted by molar-refractivity contribution is -0.133. The van der Waals surface area contributed by atoms with Crippen molar-refractivity contribution in [2.75, 3.05) is 0 Å². The van der Waals surface area contributed by atoms with Gasteiger partial charge in [-0.2, -0.15) is 5.10 Å². The minimum Gasteiger partial charge on any atom is -0.273 e. The summed E-state index contributed by atoms with van der Waals surface area (Å²) >= 11 is 0. The largest absolute Gasteiger partial charge is 0.273 e. The first-order chi connectivity index (χ1) is 7.68. The van der Waals surface area contributed by atoms with Crippen LogP contribution in [0.5, 0.6) is 0 Å². The van der Waals surface area contributed by atoms with Gasteiger partial charge >= 0.3 is 0 Å². The van der Waals surface area contributed by atoms with Crippen LogP contribution in [0.3, 0.4) is 0 Å². The van der Waals surface area contributed by atoms with E-state index in [0.29, 0.717) is 12.8 Å². The van der Waals surface area contributed by atoms with Crippen molar-refractivity contribution in [3.05, 3.63) is 30.1 Å². The van der Waals surface area contributed by atoms with E-state index in [1.54, 1.807) is 17.4 Å². The van der Waals surface area contributed by atoms with Crippen molar-refractivity contribution in [2.24, 2.45) is 5.10 Å². The molecule has 0 aliphatic carbocycles. The van der Waals surface area contributed by atoms with Crippen molar-refractivity contribution in [1.29, 1.82) is 0 Å². The molecule has 2 heterocycles. The number of carbonyl (C=O) groups excluding carboxylic acids is 1. The Hall–Kier alpha value is -1.71. The zero-order valence-electron chi connectivity index (χ0n) is 9.55. The van der Waals surface area contributed by atoms with Gasteiger partial charge in [0.05, 0.1) is 5.71 Å². The Bertz CT molecular complexity index is 412. The van der Waals surface area contributed by atoms with Gasteiger partial charge in [0.1, 0.15) is 0 Å². The van der Waals surface area contributed by atoms with Gasteiger partial charge in [-0.1, -0.05) is 0 Å². The number of aromatic nitrogens is 1. The average Bonchev–Trinajstić information content (AvgIpc) is 2.30. The summed E-state index contributed by atoms with van der Waals surface area (Å²) in [4.78, 5) is 15.6. The van der Waals surface area contributed by atoms with Crippen LogP contribution in [0.1, 0.15) is 32.3 Å². The molecule has 1 aliphatic heterocycles. The molecule has 0 aromatic carbocycles. The van der Waals surface area contributed by atoms with Gasteiger partial charge in [-0.15, -0.1) is 0 Å². The first-order valence-electron chi connectivity index (χ1n) is 5.48. The standard InChI is InChI=1S/C12H15N3O/c1-9(2)15-12(16)4-3-11(14-15)10-5-7-13-8-6-10/h5-9H,3-4H2,1-2H3. The molecular formula is C12H15N3O. The van der Waals surface area contributed by atoms with Crippen LogP contribution >= 0.6 is 0 Å². The summed E-state index contributed by atoms with van der Waals surface area (Å²) < 4.78 is 0. The maximum atomic E-state index is 11.6. The van der Waals surface area contributed by atoms with Crippen LogP contribution in [0.2, 0.25) is 0 Å². The van der Waals surface area contributed by atoms with E-state index in [0.717, 1.165) is 11.3 Å². The first-order valence-corrected chi connectivity index (χ1v) is 5.48. The highest BCUT2D eigenvalue weighted by Gasteiger charge is 2.22. The molecule has 4 heteroatoms. The lowest BCUT2D eigenvalue weighted by Gasteiger charge is -2.26. The fourth-order valence-electron chi connectivity index (χ4n) is 1.73. The summed E-state index contributed by atoms with van der Waals surface area (Å²) in [5, 5.41) is 5.97. The van der Waals surface area contributed by atoms with Crippen molar-refractivity contribution in [3.63, 3.8) is 0 Å². The Morgan fingerprint density at radius 1 is 1.25 bits per heavy atom. The highest BCUT2D eigenvalue weighted by atomic mass is 16.2. The zero-order chi connectivity index (χ0) is 11.5. The van der Waals surface area contributed by atoms with Gasteiger partial charge in [0.2, 0.25) is 5.91 Å². The van der Waals surface area contributed by atoms with Crippen LogP contribution in [0.25, 0.3) is 0 Å². The Balaban J connectivity index is 2.30. The molecule has 0 fully saturated rings. The van der Waals surface area contributed by atoms with Crippen molar-refractivity contribution in [1.82, 2.24) is 9.99 Å². The Morgan fingerprint density at radius 3 is 2.56 bits per heavy atom. The fraction of sp³-hybridized carbons (Fsp3) is 0.417. The number of hydrazone groups is 1. The quantitative estimate of drug-likeness (QED) is 0.758. The highest BCUT2D eigenvalue weighted by Crippen LogP contribution is 2.16. The SMILES string of the molecule is CC(C)N1N=C(c2ccncc2)CCC1=O. The summed E-state index contributed by atoms with van der Waals surface area (Å²) in [6.07, 6.45) is 4.74. The van der Waals surface area contributed by atoms with Gasteiger partial charge in [-0.3, -0.25) is 9.78 Å². The summed E-state index contributed by atoms with van der Waals surface area (Å²) in [5.74, 6) is 0.104. The molecule has 0 spiro atoms. The average molecular weight is 217 g/mol. The van der Waals surface area contributed by atoms with E-state index in [2.05, 4.69) is 10.1 Å². The van der Waals surface area contributed by atoms with Gasteiger partial charge in [0.25, 0.3) is 0 Å². The van der Waals surface area contributed by atoms with E-state index in [9.17, 15) is 4.79 Å². The van der Waals surface area contributed by atoms with Crippen LogP contribution < -0.4 is 0 Å². The maximum Gasteiger partial charge on any atom is 0.243 e. The van der Waals surface area contributed by atoms with Gasteiger partial charge in [-0.25, -0.2) is 5.01 Å². The number of pyridine rings is 1. The third-order valence-corrected chi connectivity index (χ3v) is 2.56. The van der Waals surface area contributed by atoms with Crippen molar-refractivity contribution >= 4 is 11.6 Å². The normalized spacial score (nSPS) is 16.6. The minimum atomic E-state index is 0.104. The van der Waals surface area contributed by atoms with Crippen molar-refractivity contribution < 1.29 is 4.79 Å². The molecule has 4 nitrogen and oxygen atoms in total. The Kier molecular flexibility index (Phi) is 2.99. The lowest BCUT2D eigenvalue weighted by atomic mass is 10.1. The molecule has 84 valence electrons. The van der Waals surface area contributed by atoms with Gasteiger partial charge < -0.3 is 0 Å². The zero-order valence-corrected chi connectivity index (χ0v) is 9.55. The first kappa shape index (κ1) is 10.8. The van der Waals surface area contributed by atoms with Gasteiger partial charge in [0, 0.05) is 36.8 Å².